The van der Waals surface area contributed by atoms with Gasteiger partial charge in [-0.1, -0.05) is 0 Å². The lowest BCUT2D eigenvalue weighted by Crippen LogP contribution is -1.92. The number of halogens is 1. The minimum atomic E-state index is 0.300. The van der Waals surface area contributed by atoms with Gasteiger partial charge in [-0.25, -0.2) is 0 Å². The Bertz CT molecular complexity index is 272. The fourth-order valence-corrected chi connectivity index (χ4v) is 1.06. The summed E-state index contributed by atoms with van der Waals surface area (Å²) in [5.41, 5.74) is 0.685. The van der Waals surface area contributed by atoms with E-state index in [9.17, 15) is 0 Å². The van der Waals surface area contributed by atoms with E-state index < -0.39 is 0 Å². The van der Waals surface area contributed by atoms with Crippen LogP contribution in [0.4, 0.5) is 0 Å². The first-order chi connectivity index (χ1) is 4.74. The van der Waals surface area contributed by atoms with E-state index in [1.807, 2.05) is 6.07 Å². The highest BCUT2D eigenvalue weighted by atomic mass is 79.9. The quantitative estimate of drug-likeness (QED) is 0.669. The van der Waals surface area contributed by atoms with E-state index in [0.29, 0.717) is 16.7 Å². The lowest BCUT2D eigenvalue weighted by Gasteiger charge is -1.80. The summed E-state index contributed by atoms with van der Waals surface area (Å²) < 4.78 is 0.650. The van der Waals surface area contributed by atoms with E-state index in [1.165, 1.54) is 4.80 Å². The minimum absolute atomic E-state index is 0.300. The zero-order chi connectivity index (χ0) is 7.56. The highest BCUT2D eigenvalue weighted by molar-refractivity contribution is 9.10. The van der Waals surface area contributed by atoms with Crippen molar-refractivity contribution < 1.29 is 0 Å². The lowest BCUT2D eigenvalue weighted by molar-refractivity contribution is 0.645. The second kappa shape index (κ2) is 2.80. The SMILES string of the molecule is Cn1nc(Br)c(CC#N)n1. The maximum absolute atomic E-state index is 8.31. The van der Waals surface area contributed by atoms with Crippen LogP contribution in [0.25, 0.3) is 0 Å². The topological polar surface area (TPSA) is 54.5 Å². The van der Waals surface area contributed by atoms with Gasteiger partial charge in [0.1, 0.15) is 5.69 Å². The molecule has 0 aliphatic rings. The van der Waals surface area contributed by atoms with Gasteiger partial charge in [0, 0.05) is 7.05 Å². The van der Waals surface area contributed by atoms with Gasteiger partial charge >= 0.3 is 0 Å². The first-order valence-corrected chi connectivity index (χ1v) is 3.46. The van der Waals surface area contributed by atoms with E-state index in [0.717, 1.165) is 0 Å². The standard InChI is InChI=1S/C5H5BrN4/c1-10-8-4(2-3-7)5(6)9-10/h2H2,1H3. The van der Waals surface area contributed by atoms with Gasteiger partial charge in [-0.2, -0.15) is 15.2 Å². The van der Waals surface area contributed by atoms with Gasteiger partial charge in [0.05, 0.1) is 12.5 Å². The van der Waals surface area contributed by atoms with Crippen LogP contribution in [0.2, 0.25) is 0 Å². The van der Waals surface area contributed by atoms with Gasteiger partial charge in [0.25, 0.3) is 0 Å². The molecule has 0 N–H and O–H groups in total. The fourth-order valence-electron chi connectivity index (χ4n) is 0.606. The molecule has 0 radical (unpaired) electrons. The summed E-state index contributed by atoms with van der Waals surface area (Å²) in [6.07, 6.45) is 0.300. The van der Waals surface area contributed by atoms with Crippen molar-refractivity contribution in [2.45, 2.75) is 6.42 Å². The number of hydrogen-bond donors (Lipinski definition) is 0. The van der Waals surface area contributed by atoms with Crippen LogP contribution in [0.5, 0.6) is 0 Å². The summed E-state index contributed by atoms with van der Waals surface area (Å²) in [5.74, 6) is 0. The van der Waals surface area contributed by atoms with Crippen molar-refractivity contribution in [1.29, 1.82) is 5.26 Å². The molecule has 0 saturated heterocycles. The predicted octanol–water partition coefficient (Wildman–Crippen LogP) is 0.644. The number of nitriles is 1. The molecule has 1 rings (SSSR count). The Morgan fingerprint density at radius 2 is 2.40 bits per heavy atom. The number of aryl methyl sites for hydroxylation is 1. The minimum Gasteiger partial charge on any atom is -0.198 e. The molecule has 0 amide bonds. The summed E-state index contributed by atoms with van der Waals surface area (Å²) >= 11 is 3.17. The summed E-state index contributed by atoms with van der Waals surface area (Å²) in [6, 6.07) is 1.99. The molecular formula is C5H5BrN4. The molecule has 10 heavy (non-hydrogen) atoms. The Morgan fingerprint density at radius 1 is 1.70 bits per heavy atom. The lowest BCUT2D eigenvalue weighted by atomic mass is 10.4. The summed E-state index contributed by atoms with van der Waals surface area (Å²) in [7, 11) is 1.71. The monoisotopic (exact) mass is 200 g/mol. The van der Waals surface area contributed by atoms with E-state index in [2.05, 4.69) is 26.1 Å². The molecule has 0 unspecified atom stereocenters. The number of hydrogen-bond acceptors (Lipinski definition) is 3. The average molecular weight is 201 g/mol. The van der Waals surface area contributed by atoms with Gasteiger partial charge in [0.2, 0.25) is 0 Å². The number of nitrogens with zero attached hydrogens (tertiary/aromatic N) is 4. The van der Waals surface area contributed by atoms with Crippen LogP contribution in [0.3, 0.4) is 0 Å². The maximum Gasteiger partial charge on any atom is 0.152 e. The number of aromatic nitrogens is 3. The van der Waals surface area contributed by atoms with Crippen molar-refractivity contribution in [1.82, 2.24) is 15.0 Å². The second-order valence-corrected chi connectivity index (χ2v) is 2.51. The van der Waals surface area contributed by atoms with E-state index in [4.69, 9.17) is 5.26 Å². The van der Waals surface area contributed by atoms with Gasteiger partial charge < -0.3 is 0 Å². The molecule has 4 nitrogen and oxygen atoms in total. The largest absolute Gasteiger partial charge is 0.198 e. The van der Waals surface area contributed by atoms with Gasteiger partial charge in [-0.05, 0) is 15.9 Å². The Kier molecular flexibility index (Phi) is 2.02. The van der Waals surface area contributed by atoms with Crippen LogP contribution >= 0.6 is 15.9 Å². The third-order valence-electron chi connectivity index (χ3n) is 0.983. The van der Waals surface area contributed by atoms with Crippen LogP contribution in [0, 0.1) is 11.3 Å². The van der Waals surface area contributed by atoms with E-state index >= 15 is 0 Å². The first kappa shape index (κ1) is 7.22. The molecule has 5 heteroatoms. The Hall–Kier alpha value is -0.890. The van der Waals surface area contributed by atoms with E-state index in [-0.39, 0.29) is 0 Å². The molecule has 1 aromatic heterocycles. The van der Waals surface area contributed by atoms with E-state index in [1.54, 1.807) is 7.05 Å². The van der Waals surface area contributed by atoms with Crippen molar-refractivity contribution in [3.63, 3.8) is 0 Å². The highest BCUT2D eigenvalue weighted by Gasteiger charge is 2.03. The Morgan fingerprint density at radius 3 is 2.80 bits per heavy atom. The smallest absolute Gasteiger partial charge is 0.152 e. The first-order valence-electron chi connectivity index (χ1n) is 2.66. The summed E-state index contributed by atoms with van der Waals surface area (Å²) in [5, 5.41) is 16.1. The van der Waals surface area contributed by atoms with Gasteiger partial charge in [-0.3, -0.25) is 0 Å². The molecular weight excluding hydrogens is 196 g/mol. The average Bonchev–Trinajstić information content (AvgIpc) is 2.13. The van der Waals surface area contributed by atoms with Gasteiger partial charge in [-0.15, -0.1) is 5.10 Å². The molecule has 0 saturated carbocycles. The second-order valence-electron chi connectivity index (χ2n) is 1.76. The van der Waals surface area contributed by atoms with Crippen LogP contribution in [-0.4, -0.2) is 15.0 Å². The van der Waals surface area contributed by atoms with Gasteiger partial charge in [0.15, 0.2) is 4.60 Å². The normalized spacial score (nSPS) is 9.30. The maximum atomic E-state index is 8.31. The molecule has 1 aromatic rings. The Balaban J connectivity index is 2.94. The third kappa shape index (κ3) is 1.33. The van der Waals surface area contributed by atoms with Crippen LogP contribution < -0.4 is 0 Å². The molecule has 0 fully saturated rings. The summed E-state index contributed by atoms with van der Waals surface area (Å²) in [4.78, 5) is 1.43. The zero-order valence-corrected chi connectivity index (χ0v) is 6.96. The van der Waals surface area contributed by atoms with Crippen molar-refractivity contribution in [3.05, 3.63) is 10.3 Å². The van der Waals surface area contributed by atoms with Crippen LogP contribution in [0.1, 0.15) is 5.69 Å². The molecule has 0 spiro atoms. The summed E-state index contributed by atoms with van der Waals surface area (Å²) in [6.45, 7) is 0. The molecule has 0 aliphatic heterocycles. The molecule has 0 aliphatic carbocycles. The Labute approximate surface area is 66.6 Å². The fraction of sp³-hybridized carbons (Fsp3) is 0.400. The van der Waals surface area contributed by atoms with Crippen molar-refractivity contribution in [3.8, 4) is 6.07 Å². The highest BCUT2D eigenvalue weighted by Crippen LogP contribution is 2.09. The van der Waals surface area contributed by atoms with Crippen molar-refractivity contribution in [2.75, 3.05) is 0 Å². The van der Waals surface area contributed by atoms with Crippen molar-refractivity contribution >= 4 is 15.9 Å². The molecule has 0 atom stereocenters. The van der Waals surface area contributed by atoms with Crippen molar-refractivity contribution in [2.24, 2.45) is 7.05 Å². The molecule has 1 heterocycles. The molecule has 52 valence electrons. The molecule has 0 aromatic carbocycles. The van der Waals surface area contributed by atoms with Crippen LogP contribution in [0.15, 0.2) is 4.60 Å². The third-order valence-corrected chi connectivity index (χ3v) is 1.60. The zero-order valence-electron chi connectivity index (χ0n) is 5.37. The predicted molar refractivity (Wildman–Crippen MR) is 38.0 cm³/mol. The number of rotatable bonds is 1. The molecule has 0 bridgehead atoms. The van der Waals surface area contributed by atoms with Crippen LogP contribution in [-0.2, 0) is 13.5 Å².